The van der Waals surface area contributed by atoms with Gasteiger partial charge in [0, 0.05) is 11.0 Å². The lowest BCUT2D eigenvalue weighted by Gasteiger charge is -2.12. The summed E-state index contributed by atoms with van der Waals surface area (Å²) < 4.78 is 32.4. The van der Waals surface area contributed by atoms with Crippen molar-refractivity contribution in [3.63, 3.8) is 0 Å². The van der Waals surface area contributed by atoms with Crippen molar-refractivity contribution in [2.75, 3.05) is 13.2 Å². The predicted octanol–water partition coefficient (Wildman–Crippen LogP) is 0.962. The molecule has 118 valence electrons. The van der Waals surface area contributed by atoms with E-state index in [0.29, 0.717) is 11.1 Å². The maximum Gasteiger partial charge on any atom is 0.332 e. The highest BCUT2D eigenvalue weighted by atomic mass is 79.9. The number of carboxylic acid groups (broad SMARTS) is 1. The van der Waals surface area contributed by atoms with E-state index in [9.17, 15) is 13.2 Å². The molecule has 1 aromatic carbocycles. The average Bonchev–Trinajstić information content (AvgIpc) is 2.40. The molecular formula is C12H16BrNO6S. The second-order valence-corrected chi connectivity index (χ2v) is 6.72. The number of ether oxygens (including phenoxy) is 1. The first-order valence-corrected chi connectivity index (χ1v) is 8.38. The molecule has 0 amide bonds. The number of hydrogen-bond acceptors (Lipinski definition) is 5. The monoisotopic (exact) mass is 381 g/mol. The highest BCUT2D eigenvalue weighted by molar-refractivity contribution is 9.10. The van der Waals surface area contributed by atoms with E-state index in [1.54, 1.807) is 13.0 Å². The minimum atomic E-state index is -3.87. The molecule has 9 heteroatoms. The first-order chi connectivity index (χ1) is 9.77. The summed E-state index contributed by atoms with van der Waals surface area (Å²) in [5, 5.41) is 17.6. The fraction of sp³-hybridized carbons (Fsp3) is 0.417. The standard InChI is InChI=1S/C12H16BrNO6S/c1-2-20-10-4-3-8(13)7-11(10)21(18,19)14-6-5-9(15)12(16)17/h3-4,7,9,14-15H,2,5-6H2,1H3,(H,16,17). The third-order valence-electron chi connectivity index (χ3n) is 2.49. The van der Waals surface area contributed by atoms with Crippen LogP contribution in [0.25, 0.3) is 0 Å². The van der Waals surface area contributed by atoms with Crippen LogP contribution in [-0.4, -0.2) is 43.9 Å². The van der Waals surface area contributed by atoms with Crippen molar-refractivity contribution < 1.29 is 28.2 Å². The Bertz CT molecular complexity index is 604. The number of carboxylic acids is 1. The second-order valence-electron chi connectivity index (χ2n) is 4.06. The lowest BCUT2D eigenvalue weighted by atomic mass is 10.3. The highest BCUT2D eigenvalue weighted by Gasteiger charge is 2.21. The lowest BCUT2D eigenvalue weighted by molar-refractivity contribution is -0.146. The Morgan fingerprint density at radius 2 is 2.14 bits per heavy atom. The number of sulfonamides is 1. The van der Waals surface area contributed by atoms with Gasteiger partial charge in [0.15, 0.2) is 6.10 Å². The van der Waals surface area contributed by atoms with Crippen LogP contribution in [0.2, 0.25) is 0 Å². The minimum Gasteiger partial charge on any atom is -0.492 e. The Kier molecular flexibility index (Phi) is 6.59. The van der Waals surface area contributed by atoms with Crippen LogP contribution in [0.1, 0.15) is 13.3 Å². The zero-order valence-electron chi connectivity index (χ0n) is 11.2. The largest absolute Gasteiger partial charge is 0.492 e. The van der Waals surface area contributed by atoms with Crippen LogP contribution in [0.15, 0.2) is 27.6 Å². The van der Waals surface area contributed by atoms with Gasteiger partial charge in [-0.05, 0) is 31.5 Å². The number of nitrogens with one attached hydrogen (secondary N) is 1. The van der Waals surface area contributed by atoms with Crippen LogP contribution >= 0.6 is 15.9 Å². The van der Waals surface area contributed by atoms with Gasteiger partial charge in [0.25, 0.3) is 0 Å². The van der Waals surface area contributed by atoms with Crippen molar-refractivity contribution >= 4 is 31.9 Å². The fourth-order valence-electron chi connectivity index (χ4n) is 1.50. The quantitative estimate of drug-likeness (QED) is 0.618. The van der Waals surface area contributed by atoms with Gasteiger partial charge in [-0.1, -0.05) is 15.9 Å². The molecule has 1 unspecified atom stereocenters. The molecule has 0 saturated heterocycles. The van der Waals surface area contributed by atoms with Gasteiger partial charge in [-0.25, -0.2) is 17.9 Å². The summed E-state index contributed by atoms with van der Waals surface area (Å²) in [6, 6.07) is 4.56. The minimum absolute atomic E-state index is 0.0523. The molecule has 0 fully saturated rings. The van der Waals surface area contributed by atoms with Gasteiger partial charge in [-0.3, -0.25) is 0 Å². The lowest BCUT2D eigenvalue weighted by Crippen LogP contribution is -2.30. The van der Waals surface area contributed by atoms with Crippen molar-refractivity contribution in [2.45, 2.75) is 24.3 Å². The summed E-state index contributed by atoms with van der Waals surface area (Å²) in [4.78, 5) is 10.4. The molecule has 21 heavy (non-hydrogen) atoms. The Morgan fingerprint density at radius 1 is 1.48 bits per heavy atom. The zero-order chi connectivity index (χ0) is 16.0. The van der Waals surface area contributed by atoms with E-state index in [1.165, 1.54) is 12.1 Å². The maximum atomic E-state index is 12.2. The molecule has 1 atom stereocenters. The number of aliphatic carboxylic acids is 1. The second kappa shape index (κ2) is 7.74. The van der Waals surface area contributed by atoms with Crippen molar-refractivity contribution in [1.82, 2.24) is 4.72 Å². The van der Waals surface area contributed by atoms with Crippen LogP contribution in [0, 0.1) is 0 Å². The van der Waals surface area contributed by atoms with Crippen LogP contribution < -0.4 is 9.46 Å². The van der Waals surface area contributed by atoms with Gasteiger partial charge >= 0.3 is 5.97 Å². The van der Waals surface area contributed by atoms with Crippen LogP contribution in [0.4, 0.5) is 0 Å². The van der Waals surface area contributed by atoms with Crippen molar-refractivity contribution in [3.05, 3.63) is 22.7 Å². The van der Waals surface area contributed by atoms with E-state index in [1.807, 2.05) is 0 Å². The third-order valence-corrected chi connectivity index (χ3v) is 4.47. The summed E-state index contributed by atoms with van der Waals surface area (Å²) >= 11 is 3.18. The number of halogens is 1. The summed E-state index contributed by atoms with van der Waals surface area (Å²) in [7, 11) is -3.87. The smallest absolute Gasteiger partial charge is 0.332 e. The normalized spacial score (nSPS) is 12.9. The van der Waals surface area contributed by atoms with E-state index in [2.05, 4.69) is 20.7 Å². The first-order valence-electron chi connectivity index (χ1n) is 6.10. The first kappa shape index (κ1) is 17.9. The molecule has 1 rings (SSSR count). The van der Waals surface area contributed by atoms with Gasteiger partial charge in [-0.15, -0.1) is 0 Å². The molecule has 0 aromatic heterocycles. The molecule has 0 spiro atoms. The molecular weight excluding hydrogens is 366 g/mol. The predicted molar refractivity (Wildman–Crippen MR) is 78.8 cm³/mol. The number of hydrogen-bond donors (Lipinski definition) is 3. The Hall–Kier alpha value is -1.16. The van der Waals surface area contributed by atoms with Gasteiger partial charge in [0.2, 0.25) is 10.0 Å². The SMILES string of the molecule is CCOc1ccc(Br)cc1S(=O)(=O)NCCC(O)C(=O)O. The molecule has 1 aromatic rings. The van der Waals surface area contributed by atoms with Gasteiger partial charge in [-0.2, -0.15) is 0 Å². The number of benzene rings is 1. The number of carbonyl (C=O) groups is 1. The van der Waals surface area contributed by atoms with Crippen molar-refractivity contribution in [3.8, 4) is 5.75 Å². The molecule has 0 radical (unpaired) electrons. The summed E-state index contributed by atoms with van der Waals surface area (Å²) in [5.74, 6) is -1.20. The highest BCUT2D eigenvalue weighted by Crippen LogP contribution is 2.27. The van der Waals surface area contributed by atoms with Gasteiger partial charge in [0.05, 0.1) is 6.61 Å². The molecule has 0 aliphatic heterocycles. The molecule has 0 heterocycles. The molecule has 0 bridgehead atoms. The van der Waals surface area contributed by atoms with E-state index in [-0.39, 0.29) is 23.6 Å². The molecule has 3 N–H and O–H groups in total. The topological polar surface area (TPSA) is 113 Å². The maximum absolute atomic E-state index is 12.2. The van der Waals surface area contributed by atoms with Crippen LogP contribution in [0.5, 0.6) is 5.75 Å². The van der Waals surface area contributed by atoms with Crippen LogP contribution in [-0.2, 0) is 14.8 Å². The number of aliphatic hydroxyl groups excluding tert-OH is 1. The number of aliphatic hydroxyl groups is 1. The van der Waals surface area contributed by atoms with E-state index in [4.69, 9.17) is 14.9 Å². The molecule has 0 saturated carbocycles. The van der Waals surface area contributed by atoms with E-state index < -0.39 is 22.1 Å². The Balaban J connectivity index is 2.87. The summed E-state index contributed by atoms with van der Waals surface area (Å²) in [6.45, 7) is 1.84. The molecule has 0 aliphatic carbocycles. The molecule has 7 nitrogen and oxygen atoms in total. The zero-order valence-corrected chi connectivity index (χ0v) is 13.6. The van der Waals surface area contributed by atoms with E-state index in [0.717, 1.165) is 0 Å². The number of rotatable bonds is 8. The molecule has 0 aliphatic rings. The van der Waals surface area contributed by atoms with Crippen LogP contribution in [0.3, 0.4) is 0 Å². The van der Waals surface area contributed by atoms with Gasteiger partial charge < -0.3 is 14.9 Å². The summed E-state index contributed by atoms with van der Waals surface area (Å²) in [5.41, 5.74) is 0. The fourth-order valence-corrected chi connectivity index (χ4v) is 3.23. The third kappa shape index (κ3) is 5.27. The summed E-state index contributed by atoms with van der Waals surface area (Å²) in [6.07, 6.45) is -1.84. The Labute approximate surface area is 131 Å². The van der Waals surface area contributed by atoms with E-state index >= 15 is 0 Å². The van der Waals surface area contributed by atoms with Crippen molar-refractivity contribution in [2.24, 2.45) is 0 Å². The Morgan fingerprint density at radius 3 is 2.71 bits per heavy atom. The average molecular weight is 382 g/mol. The van der Waals surface area contributed by atoms with Gasteiger partial charge in [0.1, 0.15) is 10.6 Å². The van der Waals surface area contributed by atoms with Crippen molar-refractivity contribution in [1.29, 1.82) is 0 Å².